The number of halogens is 1. The lowest BCUT2D eigenvalue weighted by atomic mass is 10.1. The summed E-state index contributed by atoms with van der Waals surface area (Å²) >= 11 is 0. The molecule has 2 aromatic carbocycles. The second kappa shape index (κ2) is 8.81. The number of aliphatic hydroxyl groups is 1. The number of carbonyl (C=O) groups is 1. The van der Waals surface area contributed by atoms with Crippen LogP contribution in [-0.4, -0.2) is 32.6 Å². The number of aromatic nitrogens is 3. The van der Waals surface area contributed by atoms with E-state index in [-0.39, 0.29) is 34.9 Å². The highest BCUT2D eigenvalue weighted by molar-refractivity contribution is 6.02. The normalized spacial score (nSPS) is 12.6. The highest BCUT2D eigenvalue weighted by Crippen LogP contribution is 2.25. The average molecular weight is 445 g/mol. The number of benzene rings is 2. The van der Waals surface area contributed by atoms with Crippen molar-refractivity contribution in [2.45, 2.75) is 26.4 Å². The molecule has 8 heteroatoms. The molecule has 0 aliphatic rings. The van der Waals surface area contributed by atoms with Gasteiger partial charge in [-0.3, -0.25) is 0 Å². The minimum Gasteiger partial charge on any atom is -0.461 e. The second-order valence-electron chi connectivity index (χ2n) is 7.43. The number of nitrogens with zero attached hydrogens (tertiary/aromatic N) is 3. The third-order valence-corrected chi connectivity index (χ3v) is 4.75. The van der Waals surface area contributed by atoms with E-state index in [0.29, 0.717) is 16.9 Å². The number of para-hydroxylation sites is 1. The van der Waals surface area contributed by atoms with Gasteiger partial charge in [0, 0.05) is 16.5 Å². The van der Waals surface area contributed by atoms with Crippen molar-refractivity contribution in [1.82, 2.24) is 15.0 Å². The molecule has 4 rings (SSSR count). The number of carbonyl (C=O) groups excluding carboxylic acids is 1. The summed E-state index contributed by atoms with van der Waals surface area (Å²) in [5.74, 6) is 5.20. The van der Waals surface area contributed by atoms with Crippen LogP contribution in [0.4, 0.5) is 4.39 Å². The van der Waals surface area contributed by atoms with Crippen molar-refractivity contribution in [3.05, 3.63) is 77.4 Å². The fraction of sp³-hybridized carbons (Fsp3) is 0.200. The topological polar surface area (TPSA) is 98.3 Å². The van der Waals surface area contributed by atoms with Crippen LogP contribution in [0.15, 0.2) is 53.1 Å². The Kier molecular flexibility index (Phi) is 5.90. The fourth-order valence-corrected chi connectivity index (χ4v) is 3.16. The van der Waals surface area contributed by atoms with Crippen LogP contribution in [0.25, 0.3) is 22.3 Å². The molecule has 4 aromatic rings. The number of fused-ring (bicyclic) bond motifs is 1. The molecule has 0 bridgehead atoms. The quantitative estimate of drug-likeness (QED) is 0.372. The van der Waals surface area contributed by atoms with Gasteiger partial charge in [-0.25, -0.2) is 24.1 Å². The molecule has 0 amide bonds. The van der Waals surface area contributed by atoms with Crippen LogP contribution < -0.4 is 0 Å². The smallest absolute Gasteiger partial charge is 0.357 e. The first-order chi connectivity index (χ1) is 15.8. The first-order valence-corrected chi connectivity index (χ1v) is 10.2. The van der Waals surface area contributed by atoms with Crippen LogP contribution in [0.3, 0.4) is 0 Å². The van der Waals surface area contributed by atoms with Gasteiger partial charge in [0.1, 0.15) is 17.1 Å². The van der Waals surface area contributed by atoms with Gasteiger partial charge >= 0.3 is 5.97 Å². The van der Waals surface area contributed by atoms with Crippen molar-refractivity contribution in [3.63, 3.8) is 0 Å². The van der Waals surface area contributed by atoms with Crippen LogP contribution in [0.5, 0.6) is 0 Å². The van der Waals surface area contributed by atoms with Crippen molar-refractivity contribution >= 4 is 16.9 Å². The van der Waals surface area contributed by atoms with E-state index in [1.165, 1.54) is 25.3 Å². The molecule has 0 saturated carbocycles. The van der Waals surface area contributed by atoms with E-state index in [4.69, 9.17) is 9.15 Å². The lowest BCUT2D eigenvalue weighted by Crippen LogP contribution is -2.18. The first-order valence-electron chi connectivity index (χ1n) is 10.2. The Morgan fingerprint density at radius 2 is 2.03 bits per heavy atom. The number of rotatable bonds is 4. The zero-order valence-electron chi connectivity index (χ0n) is 18.2. The minimum absolute atomic E-state index is 0.0178. The molecular weight excluding hydrogens is 425 g/mol. The number of ether oxygens (including phenoxy) is 1. The Morgan fingerprint density at radius 3 is 2.76 bits per heavy atom. The maximum absolute atomic E-state index is 14.5. The molecule has 33 heavy (non-hydrogen) atoms. The van der Waals surface area contributed by atoms with E-state index in [9.17, 15) is 14.3 Å². The molecule has 7 nitrogen and oxygen atoms in total. The number of hydrogen-bond acceptors (Lipinski definition) is 7. The van der Waals surface area contributed by atoms with Crippen molar-refractivity contribution in [1.29, 1.82) is 0 Å². The Labute approximate surface area is 189 Å². The Balaban J connectivity index is 1.77. The van der Waals surface area contributed by atoms with Crippen LogP contribution in [0.1, 0.15) is 41.6 Å². The molecule has 0 radical (unpaired) electrons. The van der Waals surface area contributed by atoms with E-state index in [1.807, 2.05) is 0 Å². The average Bonchev–Trinajstić information content (AvgIpc) is 3.25. The number of oxazole rings is 1. The number of esters is 1. The molecule has 2 aromatic heterocycles. The molecule has 1 atom stereocenters. The van der Waals surface area contributed by atoms with Gasteiger partial charge in [-0.05, 0) is 39.0 Å². The molecule has 0 saturated heterocycles. The van der Waals surface area contributed by atoms with E-state index < -0.39 is 17.4 Å². The van der Waals surface area contributed by atoms with Crippen molar-refractivity contribution < 1.29 is 23.4 Å². The minimum atomic E-state index is -1.59. The van der Waals surface area contributed by atoms with Gasteiger partial charge in [0.05, 0.1) is 12.8 Å². The van der Waals surface area contributed by atoms with Crippen molar-refractivity contribution in [2.75, 3.05) is 6.61 Å². The summed E-state index contributed by atoms with van der Waals surface area (Å²) in [7, 11) is 0. The van der Waals surface area contributed by atoms with Gasteiger partial charge < -0.3 is 14.3 Å². The summed E-state index contributed by atoms with van der Waals surface area (Å²) < 4.78 is 25.0. The fourth-order valence-electron chi connectivity index (χ4n) is 3.16. The van der Waals surface area contributed by atoms with E-state index >= 15 is 0 Å². The van der Waals surface area contributed by atoms with Crippen molar-refractivity contribution in [2.24, 2.45) is 0 Å². The molecule has 1 unspecified atom stereocenters. The molecule has 0 fully saturated rings. The monoisotopic (exact) mass is 445 g/mol. The summed E-state index contributed by atoms with van der Waals surface area (Å²) in [5, 5.41) is 10.9. The SMILES string of the molecule is CCOC(=O)c1nc(-c2cccc(C#CC(C)(O)c3ncc(C)o3)c2)nc2c(F)cccc12. The lowest BCUT2D eigenvalue weighted by Gasteiger charge is -2.11. The molecule has 0 aliphatic heterocycles. The molecule has 1 N–H and O–H groups in total. The third kappa shape index (κ3) is 4.59. The third-order valence-electron chi connectivity index (χ3n) is 4.75. The first kappa shape index (κ1) is 22.1. The van der Waals surface area contributed by atoms with Crippen LogP contribution in [0.2, 0.25) is 0 Å². The highest BCUT2D eigenvalue weighted by Gasteiger charge is 2.26. The molecule has 166 valence electrons. The van der Waals surface area contributed by atoms with Crippen molar-refractivity contribution in [3.8, 4) is 23.2 Å². The standard InChI is InChI=1S/C25H20FN3O4/c1-4-32-23(30)21-18-9-6-10-19(26)20(18)28-22(29-21)17-8-5-7-16(13-17)11-12-25(3,31)24-27-14-15(2)33-24/h5-10,13-14,31H,4H2,1-3H3. The van der Waals surface area contributed by atoms with Gasteiger partial charge in [0.2, 0.25) is 5.89 Å². The van der Waals surface area contributed by atoms with Gasteiger partial charge in [-0.15, -0.1) is 0 Å². The molecule has 2 heterocycles. The molecule has 0 spiro atoms. The number of hydrogen-bond donors (Lipinski definition) is 1. The molecular formula is C25H20FN3O4. The van der Waals surface area contributed by atoms with Crippen LogP contribution >= 0.6 is 0 Å². The maximum Gasteiger partial charge on any atom is 0.357 e. The predicted octanol–water partition coefficient (Wildman–Crippen LogP) is 4.17. The van der Waals surface area contributed by atoms with Crippen LogP contribution in [-0.2, 0) is 10.3 Å². The Hall–Kier alpha value is -4.09. The summed E-state index contributed by atoms with van der Waals surface area (Å²) in [6, 6.07) is 11.2. The van der Waals surface area contributed by atoms with Gasteiger partial charge in [-0.1, -0.05) is 36.1 Å². The van der Waals surface area contributed by atoms with Gasteiger partial charge in [-0.2, -0.15) is 0 Å². The zero-order chi connectivity index (χ0) is 23.6. The van der Waals surface area contributed by atoms with Gasteiger partial charge in [0.15, 0.2) is 17.1 Å². The molecule has 0 aliphatic carbocycles. The predicted molar refractivity (Wildman–Crippen MR) is 119 cm³/mol. The summed E-state index contributed by atoms with van der Waals surface area (Å²) in [6.45, 7) is 5.04. The largest absolute Gasteiger partial charge is 0.461 e. The number of aryl methyl sites for hydroxylation is 1. The maximum atomic E-state index is 14.5. The van der Waals surface area contributed by atoms with E-state index in [1.54, 1.807) is 44.2 Å². The zero-order valence-corrected chi connectivity index (χ0v) is 18.2. The summed E-state index contributed by atoms with van der Waals surface area (Å²) in [6.07, 6.45) is 1.50. The van der Waals surface area contributed by atoms with E-state index in [2.05, 4.69) is 26.8 Å². The lowest BCUT2D eigenvalue weighted by molar-refractivity contribution is 0.0522. The van der Waals surface area contributed by atoms with Crippen LogP contribution in [0, 0.1) is 24.6 Å². The summed E-state index contributed by atoms with van der Waals surface area (Å²) in [5.41, 5.74) is -0.529. The highest BCUT2D eigenvalue weighted by atomic mass is 19.1. The Morgan fingerprint density at radius 1 is 1.24 bits per heavy atom. The Bertz CT molecular complexity index is 1420. The van der Waals surface area contributed by atoms with Gasteiger partial charge in [0.25, 0.3) is 0 Å². The second-order valence-corrected chi connectivity index (χ2v) is 7.43. The van der Waals surface area contributed by atoms with E-state index in [0.717, 1.165) is 0 Å². The summed E-state index contributed by atoms with van der Waals surface area (Å²) in [4.78, 5) is 25.2.